The summed E-state index contributed by atoms with van der Waals surface area (Å²) in [5.74, 6) is 0.583. The summed E-state index contributed by atoms with van der Waals surface area (Å²) < 4.78 is 0. The highest BCUT2D eigenvalue weighted by molar-refractivity contribution is 5.99. The number of hydrogen-bond acceptors (Lipinski definition) is 2. The smallest absolute Gasteiger partial charge is 0.246 e. The number of rotatable bonds is 2. The molecule has 0 aliphatic heterocycles. The Morgan fingerprint density at radius 1 is 1.30 bits per heavy atom. The van der Waals surface area contributed by atoms with E-state index < -0.39 is 5.54 Å². The number of anilines is 1. The van der Waals surface area contributed by atoms with Gasteiger partial charge in [0.15, 0.2) is 0 Å². The summed E-state index contributed by atoms with van der Waals surface area (Å²) in [6.45, 7) is 6.29. The summed E-state index contributed by atoms with van der Waals surface area (Å²) in [4.78, 5) is 14.5. The fraction of sp³-hybridized carbons (Fsp3) is 0.588. The molecule has 3 nitrogen and oxygen atoms in total. The van der Waals surface area contributed by atoms with Crippen LogP contribution >= 0.6 is 0 Å². The van der Waals surface area contributed by atoms with Crippen molar-refractivity contribution in [1.29, 1.82) is 0 Å². The van der Waals surface area contributed by atoms with Gasteiger partial charge in [0, 0.05) is 12.7 Å². The van der Waals surface area contributed by atoms with Gasteiger partial charge in [0.1, 0.15) is 0 Å². The van der Waals surface area contributed by atoms with Crippen LogP contribution in [0.3, 0.4) is 0 Å². The zero-order chi connectivity index (χ0) is 14.9. The average Bonchev–Trinajstić information content (AvgIpc) is 2.35. The van der Waals surface area contributed by atoms with E-state index in [1.807, 2.05) is 19.2 Å². The molecule has 1 amide bonds. The first-order chi connectivity index (χ1) is 9.32. The molecule has 1 aromatic carbocycles. The SMILES string of the molecule is Cc1cc(C)cc(N(C)C(=O)C2(N)CCCC(C)C2)c1. The molecule has 1 aliphatic carbocycles. The van der Waals surface area contributed by atoms with Gasteiger partial charge in [0.2, 0.25) is 5.91 Å². The Morgan fingerprint density at radius 3 is 2.45 bits per heavy atom. The quantitative estimate of drug-likeness (QED) is 0.900. The lowest BCUT2D eigenvalue weighted by molar-refractivity contribution is -0.125. The molecule has 0 heterocycles. The summed E-state index contributed by atoms with van der Waals surface area (Å²) in [6.07, 6.45) is 3.82. The molecule has 0 bridgehead atoms. The molecular weight excluding hydrogens is 248 g/mol. The number of benzene rings is 1. The molecular formula is C17H26N2O. The van der Waals surface area contributed by atoms with E-state index in [-0.39, 0.29) is 5.91 Å². The maximum Gasteiger partial charge on any atom is 0.246 e. The molecule has 2 atom stereocenters. The van der Waals surface area contributed by atoms with Crippen molar-refractivity contribution in [3.63, 3.8) is 0 Å². The maximum absolute atomic E-state index is 12.8. The van der Waals surface area contributed by atoms with Gasteiger partial charge in [-0.3, -0.25) is 4.79 Å². The van der Waals surface area contributed by atoms with E-state index in [0.29, 0.717) is 5.92 Å². The molecule has 3 heteroatoms. The largest absolute Gasteiger partial charge is 0.317 e. The maximum atomic E-state index is 12.8. The van der Waals surface area contributed by atoms with Gasteiger partial charge >= 0.3 is 0 Å². The molecule has 1 fully saturated rings. The van der Waals surface area contributed by atoms with Gasteiger partial charge < -0.3 is 10.6 Å². The highest BCUT2D eigenvalue weighted by Crippen LogP contribution is 2.32. The van der Waals surface area contributed by atoms with Crippen LogP contribution in [-0.4, -0.2) is 18.5 Å². The van der Waals surface area contributed by atoms with Gasteiger partial charge in [-0.15, -0.1) is 0 Å². The molecule has 1 aromatic rings. The third kappa shape index (κ3) is 3.04. The molecule has 0 radical (unpaired) electrons. The number of likely N-dealkylation sites (N-methyl/N-ethyl adjacent to an activating group) is 1. The summed E-state index contributed by atoms with van der Waals surface area (Å²) >= 11 is 0. The highest BCUT2D eigenvalue weighted by Gasteiger charge is 2.40. The zero-order valence-corrected chi connectivity index (χ0v) is 13.1. The number of amides is 1. The minimum atomic E-state index is -0.690. The van der Waals surface area contributed by atoms with Gasteiger partial charge in [-0.05, 0) is 55.9 Å². The fourth-order valence-corrected chi connectivity index (χ4v) is 3.38. The summed E-state index contributed by atoms with van der Waals surface area (Å²) in [5, 5.41) is 0. The number of carbonyl (C=O) groups is 1. The van der Waals surface area contributed by atoms with Crippen molar-refractivity contribution in [2.24, 2.45) is 11.7 Å². The van der Waals surface area contributed by atoms with Gasteiger partial charge in [0.05, 0.1) is 5.54 Å². The topological polar surface area (TPSA) is 46.3 Å². The molecule has 2 unspecified atom stereocenters. The first-order valence-electron chi connectivity index (χ1n) is 7.47. The molecule has 0 spiro atoms. The van der Waals surface area contributed by atoms with Crippen LogP contribution in [0.4, 0.5) is 5.69 Å². The van der Waals surface area contributed by atoms with E-state index in [9.17, 15) is 4.79 Å². The van der Waals surface area contributed by atoms with Crippen molar-refractivity contribution in [1.82, 2.24) is 0 Å². The van der Waals surface area contributed by atoms with E-state index in [1.165, 1.54) is 17.5 Å². The molecule has 1 aliphatic rings. The summed E-state index contributed by atoms with van der Waals surface area (Å²) in [7, 11) is 1.84. The van der Waals surface area contributed by atoms with Crippen LogP contribution in [0.15, 0.2) is 18.2 Å². The predicted octanol–water partition coefficient (Wildman–Crippen LogP) is 3.17. The molecule has 0 saturated heterocycles. The second kappa shape index (κ2) is 5.57. The zero-order valence-electron chi connectivity index (χ0n) is 13.1. The Kier molecular flexibility index (Phi) is 4.19. The third-order valence-corrected chi connectivity index (χ3v) is 4.36. The fourth-order valence-electron chi connectivity index (χ4n) is 3.38. The Labute approximate surface area is 122 Å². The van der Waals surface area contributed by atoms with E-state index in [0.717, 1.165) is 24.9 Å². The summed E-state index contributed by atoms with van der Waals surface area (Å²) in [5.41, 5.74) is 9.00. The van der Waals surface area contributed by atoms with Gasteiger partial charge in [-0.1, -0.05) is 25.8 Å². The summed E-state index contributed by atoms with van der Waals surface area (Å²) in [6, 6.07) is 6.20. The monoisotopic (exact) mass is 274 g/mol. The van der Waals surface area contributed by atoms with Crippen LogP contribution in [0, 0.1) is 19.8 Å². The van der Waals surface area contributed by atoms with Crippen molar-refractivity contribution in [3.05, 3.63) is 29.3 Å². The minimum absolute atomic E-state index is 0.0500. The molecule has 0 aromatic heterocycles. The van der Waals surface area contributed by atoms with Crippen molar-refractivity contribution in [3.8, 4) is 0 Å². The number of nitrogens with zero attached hydrogens (tertiary/aromatic N) is 1. The Hall–Kier alpha value is -1.35. The van der Waals surface area contributed by atoms with Crippen molar-refractivity contribution < 1.29 is 4.79 Å². The average molecular weight is 274 g/mol. The number of nitrogens with two attached hydrogens (primary N) is 1. The molecule has 1 saturated carbocycles. The first kappa shape index (κ1) is 15.0. The van der Waals surface area contributed by atoms with Crippen LogP contribution < -0.4 is 10.6 Å². The first-order valence-corrected chi connectivity index (χ1v) is 7.47. The van der Waals surface area contributed by atoms with Crippen molar-refractivity contribution in [2.75, 3.05) is 11.9 Å². The Bertz CT molecular complexity index is 491. The minimum Gasteiger partial charge on any atom is -0.317 e. The Morgan fingerprint density at radius 2 is 1.90 bits per heavy atom. The second-order valence-corrected chi connectivity index (χ2v) is 6.57. The molecule has 20 heavy (non-hydrogen) atoms. The van der Waals surface area contributed by atoms with Crippen LogP contribution in [-0.2, 0) is 4.79 Å². The van der Waals surface area contributed by atoms with Gasteiger partial charge in [0.25, 0.3) is 0 Å². The van der Waals surface area contributed by atoms with Crippen LogP contribution in [0.25, 0.3) is 0 Å². The molecule has 2 rings (SSSR count). The second-order valence-electron chi connectivity index (χ2n) is 6.57. The van der Waals surface area contributed by atoms with E-state index in [4.69, 9.17) is 5.73 Å². The molecule has 110 valence electrons. The van der Waals surface area contributed by atoms with Gasteiger partial charge in [-0.25, -0.2) is 0 Å². The number of carbonyl (C=O) groups excluding carboxylic acids is 1. The molecule has 2 N–H and O–H groups in total. The number of aryl methyl sites for hydroxylation is 2. The van der Waals surface area contributed by atoms with Gasteiger partial charge in [-0.2, -0.15) is 0 Å². The van der Waals surface area contributed by atoms with Crippen LogP contribution in [0.2, 0.25) is 0 Å². The third-order valence-electron chi connectivity index (χ3n) is 4.36. The van der Waals surface area contributed by atoms with Crippen molar-refractivity contribution >= 4 is 11.6 Å². The normalized spacial score (nSPS) is 26.4. The van der Waals surface area contributed by atoms with Crippen molar-refractivity contribution in [2.45, 2.75) is 52.0 Å². The lowest BCUT2D eigenvalue weighted by Crippen LogP contribution is -2.56. The van der Waals surface area contributed by atoms with Crippen LogP contribution in [0.5, 0.6) is 0 Å². The lowest BCUT2D eigenvalue weighted by atomic mass is 9.76. The van der Waals surface area contributed by atoms with E-state index in [2.05, 4.69) is 26.8 Å². The highest BCUT2D eigenvalue weighted by atomic mass is 16.2. The van der Waals surface area contributed by atoms with E-state index in [1.54, 1.807) is 4.90 Å². The standard InChI is InChI=1S/C17H26N2O/c1-12-6-5-7-17(18,11-12)16(20)19(4)15-9-13(2)8-14(3)10-15/h8-10,12H,5-7,11,18H2,1-4H3. The van der Waals surface area contributed by atoms with Crippen LogP contribution in [0.1, 0.15) is 43.7 Å². The van der Waals surface area contributed by atoms with E-state index >= 15 is 0 Å². The Balaban J connectivity index is 2.23. The predicted molar refractivity (Wildman–Crippen MR) is 83.9 cm³/mol. The lowest BCUT2D eigenvalue weighted by Gasteiger charge is -2.38. The number of hydrogen-bond donors (Lipinski definition) is 1.